The number of para-hydroxylation sites is 6. The van der Waals surface area contributed by atoms with Gasteiger partial charge in [0.15, 0.2) is 5.58 Å². The minimum Gasteiger partial charge on any atom is -0.454 e. The molecule has 0 aliphatic carbocycles. The predicted molar refractivity (Wildman–Crippen MR) is 276 cm³/mol. The van der Waals surface area contributed by atoms with E-state index in [-0.39, 0.29) is 11.1 Å². The first-order chi connectivity index (χ1) is 32.0. The number of hydrogen-bond acceptors (Lipinski definition) is 1. The summed E-state index contributed by atoms with van der Waals surface area (Å²) in [6, 6.07) is 65.9. The fourth-order valence-electron chi connectivity index (χ4n) is 12.2. The monoisotopic (exact) mass is 845 g/mol. The largest absolute Gasteiger partial charge is 0.454 e. The van der Waals surface area contributed by atoms with Gasteiger partial charge in [-0.2, -0.15) is 0 Å². The van der Waals surface area contributed by atoms with Gasteiger partial charge in [0.05, 0.1) is 27.8 Å². The van der Waals surface area contributed by atoms with Crippen molar-refractivity contribution in [2.75, 3.05) is 0 Å². The Hall–Kier alpha value is -7.04. The highest BCUT2D eigenvalue weighted by Crippen LogP contribution is 2.48. The van der Waals surface area contributed by atoms with Gasteiger partial charge in [0.25, 0.3) is 0 Å². The number of nitrogens with zero attached hydrogens (tertiary/aromatic N) is 3. The maximum atomic E-state index is 6.66. The van der Waals surface area contributed by atoms with Crippen LogP contribution in [0.4, 0.5) is 0 Å². The second kappa shape index (κ2) is 15.3. The molecule has 4 heterocycles. The molecule has 0 fully saturated rings. The predicted octanol–water partition coefficient (Wildman–Crippen LogP) is 17.2. The molecule has 0 amide bonds. The first kappa shape index (κ1) is 39.5. The summed E-state index contributed by atoms with van der Waals surface area (Å²) < 4.78 is 14.5. The third-order valence-corrected chi connectivity index (χ3v) is 15.0. The molecular weight excluding hydrogens is 791 g/mol. The summed E-state index contributed by atoms with van der Waals surface area (Å²) in [5.41, 5.74) is 12.6. The van der Waals surface area contributed by atoms with Gasteiger partial charge >= 0.3 is 0 Å². The van der Waals surface area contributed by atoms with E-state index in [0.29, 0.717) is 0 Å². The van der Waals surface area contributed by atoms with E-state index in [2.05, 4.69) is 217 Å². The maximum Gasteiger partial charge on any atom is 0.159 e. The zero-order valence-electron chi connectivity index (χ0n) is 37.9. The number of hydrogen-bond donors (Lipinski definition) is 0. The molecule has 0 saturated carbocycles. The topological polar surface area (TPSA) is 27.9 Å². The summed E-state index contributed by atoms with van der Waals surface area (Å²) in [5.74, 6) is 0. The van der Waals surface area contributed by atoms with E-state index in [1.807, 2.05) is 0 Å². The molecule has 8 aromatic carbocycles. The van der Waals surface area contributed by atoms with E-state index in [1.54, 1.807) is 0 Å². The van der Waals surface area contributed by atoms with Crippen molar-refractivity contribution in [1.82, 2.24) is 13.7 Å². The molecule has 0 radical (unpaired) electrons. The third kappa shape index (κ3) is 5.75. The van der Waals surface area contributed by atoms with Crippen LogP contribution in [0.3, 0.4) is 0 Å². The quantitative estimate of drug-likeness (QED) is 0.120. The fraction of sp³-hybridized carbons (Fsp3) is 0.213. The highest BCUT2D eigenvalue weighted by Gasteiger charge is 2.37. The second-order valence-corrected chi connectivity index (χ2v) is 18.7. The van der Waals surface area contributed by atoms with Gasteiger partial charge in [-0.05, 0) is 98.0 Å². The molecule has 1 unspecified atom stereocenters. The van der Waals surface area contributed by atoms with Crippen LogP contribution in [0, 0.1) is 0 Å². The average molecular weight is 846 g/mol. The summed E-state index contributed by atoms with van der Waals surface area (Å²) in [6.07, 6.45) is 7.49. The van der Waals surface area contributed by atoms with Crippen molar-refractivity contribution in [2.24, 2.45) is 0 Å². The highest BCUT2D eigenvalue weighted by atomic mass is 16.3. The summed E-state index contributed by atoms with van der Waals surface area (Å²) >= 11 is 0. The zero-order valence-corrected chi connectivity index (χ0v) is 37.9. The molecule has 65 heavy (non-hydrogen) atoms. The highest BCUT2D eigenvalue weighted by molar-refractivity contribution is 6.14. The molecule has 0 spiro atoms. The van der Waals surface area contributed by atoms with Crippen LogP contribution < -0.4 is 0 Å². The first-order valence-electron chi connectivity index (χ1n) is 24.0. The van der Waals surface area contributed by atoms with Gasteiger partial charge < -0.3 is 18.1 Å². The van der Waals surface area contributed by atoms with Crippen LogP contribution in [0.2, 0.25) is 0 Å². The summed E-state index contributed by atoms with van der Waals surface area (Å²) in [6.45, 7) is 9.53. The lowest BCUT2D eigenvalue weighted by Gasteiger charge is -2.38. The smallest absolute Gasteiger partial charge is 0.159 e. The van der Waals surface area contributed by atoms with Gasteiger partial charge in [-0.25, -0.2) is 0 Å². The van der Waals surface area contributed by atoms with E-state index in [1.165, 1.54) is 76.5 Å². The standard InChI is InChI=1S/C61H55N3O/c1-5-8-38-60(4,63-53-27-15-10-20-43(53)44-21-11-16-28-54(44)63)41-32-35-56-50(39-41)46-23-12-17-29-55(46)64(56)61(36-6-2,37-7-3)42-33-34-52-49(40-42)45-22-9-14-26-51(45)62(52)57-30-19-25-48-47-24-13-18-31-58(47)65-59(48)57/h9-35,39-40H,5-8,36-38H2,1-4H3. The van der Waals surface area contributed by atoms with Crippen molar-refractivity contribution >= 4 is 87.4 Å². The molecule has 0 aliphatic rings. The van der Waals surface area contributed by atoms with Gasteiger partial charge in [-0.15, -0.1) is 0 Å². The van der Waals surface area contributed by atoms with Crippen molar-refractivity contribution in [1.29, 1.82) is 0 Å². The van der Waals surface area contributed by atoms with Crippen LogP contribution in [0.5, 0.6) is 0 Å². The molecule has 0 N–H and O–H groups in total. The van der Waals surface area contributed by atoms with Crippen LogP contribution in [0.1, 0.15) is 83.8 Å². The minimum atomic E-state index is -0.291. The Morgan fingerprint density at radius 2 is 0.877 bits per heavy atom. The number of benzene rings is 8. The van der Waals surface area contributed by atoms with Crippen LogP contribution >= 0.6 is 0 Å². The summed E-state index contributed by atoms with van der Waals surface area (Å²) in [4.78, 5) is 0. The maximum absolute atomic E-state index is 6.66. The molecule has 0 bridgehead atoms. The van der Waals surface area contributed by atoms with Crippen LogP contribution in [-0.2, 0) is 11.1 Å². The molecule has 4 nitrogen and oxygen atoms in total. The fourth-order valence-corrected chi connectivity index (χ4v) is 12.2. The van der Waals surface area contributed by atoms with Crippen LogP contribution in [0.25, 0.3) is 93.0 Å². The van der Waals surface area contributed by atoms with E-state index in [0.717, 1.165) is 72.6 Å². The Bertz CT molecular complexity index is 3720. The molecule has 4 aromatic heterocycles. The molecule has 0 saturated heterocycles. The second-order valence-electron chi connectivity index (χ2n) is 18.7. The summed E-state index contributed by atoms with van der Waals surface area (Å²) in [5, 5.41) is 10.1. The lowest BCUT2D eigenvalue weighted by molar-refractivity contribution is 0.314. The van der Waals surface area contributed by atoms with Crippen molar-refractivity contribution < 1.29 is 4.42 Å². The van der Waals surface area contributed by atoms with Crippen molar-refractivity contribution in [3.05, 3.63) is 187 Å². The lowest BCUT2D eigenvalue weighted by Crippen LogP contribution is -2.35. The first-order valence-corrected chi connectivity index (χ1v) is 24.0. The third-order valence-electron chi connectivity index (χ3n) is 15.0. The van der Waals surface area contributed by atoms with Gasteiger partial charge in [0, 0.05) is 65.2 Å². The van der Waals surface area contributed by atoms with Gasteiger partial charge in [0.1, 0.15) is 5.58 Å². The van der Waals surface area contributed by atoms with Crippen molar-refractivity contribution in [3.8, 4) is 5.69 Å². The molecule has 320 valence electrons. The zero-order chi connectivity index (χ0) is 43.9. The normalized spacial score (nSPS) is 13.5. The van der Waals surface area contributed by atoms with E-state index in [4.69, 9.17) is 4.42 Å². The molecule has 12 rings (SSSR count). The number of fused-ring (bicyclic) bond motifs is 12. The van der Waals surface area contributed by atoms with Crippen LogP contribution in [-0.4, -0.2) is 13.7 Å². The SMILES string of the molecule is CCCCC(C)(c1ccc2c(c1)c1ccccc1n2C(CCC)(CCC)c1ccc2c(c1)c1ccccc1n2-c1cccc2c1oc1ccccc12)n1c2ccccc2c2ccccc21. The van der Waals surface area contributed by atoms with E-state index < -0.39 is 0 Å². The van der Waals surface area contributed by atoms with E-state index in [9.17, 15) is 0 Å². The van der Waals surface area contributed by atoms with Crippen molar-refractivity contribution in [2.45, 2.75) is 83.7 Å². The van der Waals surface area contributed by atoms with Gasteiger partial charge in [-0.3, -0.25) is 0 Å². The molecule has 4 heteroatoms. The number of rotatable bonds is 12. The molecular formula is C61H55N3O. The Morgan fingerprint density at radius 1 is 0.400 bits per heavy atom. The van der Waals surface area contributed by atoms with Gasteiger partial charge in [0.2, 0.25) is 0 Å². The summed E-state index contributed by atoms with van der Waals surface area (Å²) in [7, 11) is 0. The Morgan fingerprint density at radius 3 is 1.54 bits per heavy atom. The van der Waals surface area contributed by atoms with Crippen LogP contribution in [0.15, 0.2) is 180 Å². The Kier molecular flexibility index (Phi) is 9.31. The minimum absolute atomic E-state index is 0.272. The number of furan rings is 1. The number of unbranched alkanes of at least 4 members (excludes halogenated alkanes) is 1. The molecule has 0 aliphatic heterocycles. The lowest BCUT2D eigenvalue weighted by atomic mass is 9.80. The van der Waals surface area contributed by atoms with E-state index >= 15 is 0 Å². The van der Waals surface area contributed by atoms with Crippen molar-refractivity contribution in [3.63, 3.8) is 0 Å². The molecule has 12 aromatic rings. The molecule has 1 atom stereocenters. The average Bonchev–Trinajstić information content (AvgIpc) is 4.10. The Balaban J connectivity index is 1.09. The Labute approximate surface area is 380 Å². The number of aromatic nitrogens is 3. The van der Waals surface area contributed by atoms with Gasteiger partial charge in [-0.1, -0.05) is 162 Å².